The lowest BCUT2D eigenvalue weighted by molar-refractivity contribution is -0.163. The van der Waals surface area contributed by atoms with Crippen LogP contribution in [0.25, 0.3) is 11.0 Å². The van der Waals surface area contributed by atoms with Crippen molar-refractivity contribution >= 4 is 22.7 Å². The molecule has 1 aliphatic carbocycles. The summed E-state index contributed by atoms with van der Waals surface area (Å²) in [5.41, 5.74) is 16.2. The maximum Gasteiger partial charge on any atom is 0.198 e. The number of nitrogens with one attached hydrogen (secondary N) is 1. The van der Waals surface area contributed by atoms with Crippen LogP contribution in [0.4, 0.5) is 11.6 Å². The zero-order valence-electron chi connectivity index (χ0n) is 9.82. The number of imidazole rings is 1. The second-order valence-corrected chi connectivity index (χ2v) is 4.78. The molecule has 2 aromatic rings. The Kier molecular flexibility index (Phi) is 1.78. The summed E-state index contributed by atoms with van der Waals surface area (Å²) >= 11 is 0. The number of nitrogens with two attached hydrogens (primary N) is 2. The Balaban J connectivity index is 2.01. The molecular formula is C12H14N4O2. The van der Waals surface area contributed by atoms with Crippen molar-refractivity contribution in [2.75, 3.05) is 24.7 Å². The molecular weight excluding hydrogens is 232 g/mol. The fraction of sp³-hybridized carbons (Fsp3) is 0.417. The number of nitrogens with zero attached hydrogens (tertiary/aromatic N) is 1. The molecule has 5 N–H and O–H groups in total. The van der Waals surface area contributed by atoms with E-state index in [1.807, 2.05) is 6.07 Å². The van der Waals surface area contributed by atoms with Crippen LogP contribution in [-0.4, -0.2) is 23.2 Å². The minimum Gasteiger partial charge on any atom is -0.397 e. The van der Waals surface area contributed by atoms with Gasteiger partial charge in [-0.1, -0.05) is 0 Å². The number of nitrogen functional groups attached to an aromatic ring is 2. The quantitative estimate of drug-likeness (QED) is 0.599. The molecule has 0 saturated carbocycles. The molecule has 6 nitrogen and oxygen atoms in total. The number of aromatic amines is 1. The van der Waals surface area contributed by atoms with Gasteiger partial charge in [-0.25, -0.2) is 4.98 Å². The first-order valence-corrected chi connectivity index (χ1v) is 6.04. The van der Waals surface area contributed by atoms with Crippen LogP contribution in [0.5, 0.6) is 0 Å². The zero-order valence-corrected chi connectivity index (χ0v) is 9.82. The van der Waals surface area contributed by atoms with Crippen LogP contribution in [0.1, 0.15) is 17.5 Å². The predicted molar refractivity (Wildman–Crippen MR) is 66.8 cm³/mol. The van der Waals surface area contributed by atoms with Gasteiger partial charge >= 0.3 is 0 Å². The van der Waals surface area contributed by atoms with Crippen LogP contribution in [0, 0.1) is 0 Å². The Morgan fingerprint density at radius 3 is 2.83 bits per heavy atom. The Hall–Kier alpha value is -1.79. The third kappa shape index (κ3) is 1.11. The maximum absolute atomic E-state index is 6.19. The summed E-state index contributed by atoms with van der Waals surface area (Å²) in [6.45, 7) is 1.25. The number of benzene rings is 1. The predicted octanol–water partition coefficient (Wildman–Crippen LogP) is 0.873. The lowest BCUT2D eigenvalue weighted by Crippen LogP contribution is -2.23. The van der Waals surface area contributed by atoms with E-state index < -0.39 is 5.79 Å². The normalized spacial score (nSPS) is 20.9. The zero-order chi connectivity index (χ0) is 12.3. The molecule has 0 amide bonds. The van der Waals surface area contributed by atoms with E-state index in [0.717, 1.165) is 35.0 Å². The highest BCUT2D eigenvalue weighted by atomic mass is 16.7. The number of hydrogen-bond donors (Lipinski definition) is 3. The van der Waals surface area contributed by atoms with Crippen molar-refractivity contribution in [3.8, 4) is 0 Å². The monoisotopic (exact) mass is 246 g/mol. The smallest absolute Gasteiger partial charge is 0.198 e. The van der Waals surface area contributed by atoms with E-state index in [9.17, 15) is 0 Å². The fourth-order valence-corrected chi connectivity index (χ4v) is 3.02. The first kappa shape index (κ1) is 10.2. The van der Waals surface area contributed by atoms with Crippen molar-refractivity contribution in [3.05, 3.63) is 17.2 Å². The molecule has 1 aromatic heterocycles. The van der Waals surface area contributed by atoms with Crippen molar-refractivity contribution < 1.29 is 9.47 Å². The first-order valence-electron chi connectivity index (χ1n) is 6.04. The molecule has 1 spiro atoms. The van der Waals surface area contributed by atoms with Crippen molar-refractivity contribution in [1.29, 1.82) is 0 Å². The molecule has 0 atom stereocenters. The van der Waals surface area contributed by atoms with Gasteiger partial charge in [-0.05, 0) is 18.1 Å². The average molecular weight is 246 g/mol. The van der Waals surface area contributed by atoms with Crippen LogP contribution in [0.15, 0.2) is 6.07 Å². The standard InChI is InChI=1S/C12H14N4O2/c13-9-6-1-2-12(17-3-4-18-12)7(6)5-8-10(9)16-11(14)15-8/h5H,1-4,13H2,(H3,14,15,16). The van der Waals surface area contributed by atoms with Crippen LogP contribution in [0.3, 0.4) is 0 Å². The fourth-order valence-electron chi connectivity index (χ4n) is 3.02. The van der Waals surface area contributed by atoms with Crippen molar-refractivity contribution in [2.24, 2.45) is 0 Å². The Morgan fingerprint density at radius 1 is 1.28 bits per heavy atom. The molecule has 94 valence electrons. The number of ether oxygens (including phenoxy) is 2. The number of fused-ring (bicyclic) bond motifs is 3. The highest BCUT2D eigenvalue weighted by Crippen LogP contribution is 2.47. The number of rotatable bonds is 0. The minimum absolute atomic E-state index is 0.377. The van der Waals surface area contributed by atoms with Gasteiger partial charge in [0.05, 0.1) is 24.4 Å². The Labute approximate surface area is 103 Å². The van der Waals surface area contributed by atoms with Crippen LogP contribution in [0.2, 0.25) is 0 Å². The van der Waals surface area contributed by atoms with Gasteiger partial charge < -0.3 is 25.9 Å². The molecule has 0 radical (unpaired) electrons. The highest BCUT2D eigenvalue weighted by Gasteiger charge is 2.45. The maximum atomic E-state index is 6.19. The van der Waals surface area contributed by atoms with Crippen molar-refractivity contribution in [1.82, 2.24) is 9.97 Å². The average Bonchev–Trinajstić information content (AvgIpc) is 3.02. The van der Waals surface area contributed by atoms with Gasteiger partial charge in [-0.2, -0.15) is 0 Å². The van der Waals surface area contributed by atoms with Gasteiger partial charge in [0.15, 0.2) is 11.7 Å². The SMILES string of the molecule is Nc1nc2c(N)c3c(cc2[nH]1)C1(CC3)OCCO1. The van der Waals surface area contributed by atoms with E-state index in [1.54, 1.807) is 0 Å². The van der Waals surface area contributed by atoms with E-state index in [1.165, 1.54) is 0 Å². The molecule has 0 unspecified atom stereocenters. The van der Waals surface area contributed by atoms with E-state index in [0.29, 0.717) is 24.8 Å². The Morgan fingerprint density at radius 2 is 2.06 bits per heavy atom. The van der Waals surface area contributed by atoms with E-state index in [-0.39, 0.29) is 0 Å². The first-order chi connectivity index (χ1) is 8.70. The van der Waals surface area contributed by atoms with Crippen molar-refractivity contribution in [2.45, 2.75) is 18.6 Å². The van der Waals surface area contributed by atoms with E-state index in [4.69, 9.17) is 20.9 Å². The molecule has 0 bridgehead atoms. The summed E-state index contributed by atoms with van der Waals surface area (Å²) in [4.78, 5) is 7.23. The second kappa shape index (κ2) is 3.15. The van der Waals surface area contributed by atoms with Crippen molar-refractivity contribution in [3.63, 3.8) is 0 Å². The number of H-pyrrole nitrogens is 1. The lowest BCUT2D eigenvalue weighted by Gasteiger charge is -2.22. The van der Waals surface area contributed by atoms with E-state index in [2.05, 4.69) is 9.97 Å². The molecule has 2 aliphatic rings. The molecule has 1 aliphatic heterocycles. The molecule has 6 heteroatoms. The summed E-state index contributed by atoms with van der Waals surface area (Å²) in [6.07, 6.45) is 1.67. The molecule has 1 aromatic carbocycles. The number of anilines is 2. The summed E-state index contributed by atoms with van der Waals surface area (Å²) in [6, 6.07) is 2.00. The summed E-state index contributed by atoms with van der Waals surface area (Å²) in [5, 5.41) is 0. The summed E-state index contributed by atoms with van der Waals surface area (Å²) < 4.78 is 11.6. The van der Waals surface area contributed by atoms with Gasteiger partial charge in [0.1, 0.15) is 5.52 Å². The minimum atomic E-state index is -0.600. The second-order valence-electron chi connectivity index (χ2n) is 4.78. The molecule has 4 rings (SSSR count). The molecule has 1 fully saturated rings. The van der Waals surface area contributed by atoms with E-state index >= 15 is 0 Å². The van der Waals surface area contributed by atoms with Gasteiger partial charge in [0.2, 0.25) is 0 Å². The number of aromatic nitrogens is 2. The topological polar surface area (TPSA) is 99.2 Å². The van der Waals surface area contributed by atoms with Gasteiger partial charge in [0.25, 0.3) is 0 Å². The van der Waals surface area contributed by atoms with Gasteiger partial charge in [-0.15, -0.1) is 0 Å². The summed E-state index contributed by atoms with van der Waals surface area (Å²) in [7, 11) is 0. The molecule has 1 saturated heterocycles. The van der Waals surface area contributed by atoms with Crippen LogP contribution >= 0.6 is 0 Å². The Bertz CT molecular complexity index is 643. The lowest BCUT2D eigenvalue weighted by atomic mass is 10.0. The molecule has 18 heavy (non-hydrogen) atoms. The highest BCUT2D eigenvalue weighted by molar-refractivity contribution is 5.92. The number of hydrogen-bond acceptors (Lipinski definition) is 5. The molecule has 2 heterocycles. The third-order valence-corrected chi connectivity index (χ3v) is 3.81. The largest absolute Gasteiger partial charge is 0.397 e. The van der Waals surface area contributed by atoms with Crippen LogP contribution < -0.4 is 11.5 Å². The third-order valence-electron chi connectivity index (χ3n) is 3.81. The van der Waals surface area contributed by atoms with Gasteiger partial charge in [0, 0.05) is 12.0 Å². The summed E-state index contributed by atoms with van der Waals surface area (Å²) in [5.74, 6) is -0.222. The van der Waals surface area contributed by atoms with Crippen LogP contribution in [-0.2, 0) is 21.7 Å². The van der Waals surface area contributed by atoms with Gasteiger partial charge in [-0.3, -0.25) is 0 Å².